The van der Waals surface area contributed by atoms with Crippen molar-refractivity contribution in [2.45, 2.75) is 37.1 Å². The maximum atomic E-state index is 13.5. The van der Waals surface area contributed by atoms with Crippen LogP contribution in [-0.4, -0.2) is 20.5 Å². The highest BCUT2D eigenvalue weighted by Crippen LogP contribution is 2.39. The van der Waals surface area contributed by atoms with E-state index in [0.717, 1.165) is 18.9 Å². The van der Waals surface area contributed by atoms with Gasteiger partial charge in [0, 0.05) is 12.1 Å². The van der Waals surface area contributed by atoms with Gasteiger partial charge in [0.25, 0.3) is 0 Å². The van der Waals surface area contributed by atoms with Gasteiger partial charge in [-0.2, -0.15) is 0 Å². The molecule has 0 spiro atoms. The Kier molecular flexibility index (Phi) is 3.68. The first-order chi connectivity index (χ1) is 8.78. The minimum atomic E-state index is -3.74. The molecule has 3 N–H and O–H groups in total. The predicted octanol–water partition coefficient (Wildman–Crippen LogP) is 1.54. The number of halogens is 1. The highest BCUT2D eigenvalue weighted by molar-refractivity contribution is 7.89. The van der Waals surface area contributed by atoms with Crippen LogP contribution in [0.15, 0.2) is 23.1 Å². The van der Waals surface area contributed by atoms with Crippen LogP contribution in [0.1, 0.15) is 25.3 Å². The van der Waals surface area contributed by atoms with Gasteiger partial charge in [0.2, 0.25) is 10.0 Å². The molecule has 0 bridgehead atoms. The Morgan fingerprint density at radius 3 is 2.58 bits per heavy atom. The molecule has 1 saturated carbocycles. The average Bonchev–Trinajstić information content (AvgIpc) is 3.16. The number of sulfonamides is 1. The molecule has 0 amide bonds. The highest BCUT2D eigenvalue weighted by atomic mass is 32.2. The standard InChI is InChI=1S/C13H19FN2O2S/c1-9-3-6-11(7-12(9)14)19(17,18)16-13(2,8-15)10-4-5-10/h3,6-7,10,16H,4-5,8,15H2,1-2H3. The van der Waals surface area contributed by atoms with Gasteiger partial charge in [-0.25, -0.2) is 17.5 Å². The van der Waals surface area contributed by atoms with E-state index in [1.54, 1.807) is 13.8 Å². The lowest BCUT2D eigenvalue weighted by atomic mass is 9.98. The zero-order chi connectivity index (χ0) is 14.3. The van der Waals surface area contributed by atoms with Gasteiger partial charge in [-0.1, -0.05) is 6.07 Å². The molecule has 0 saturated heterocycles. The van der Waals surface area contributed by atoms with Crippen molar-refractivity contribution in [3.05, 3.63) is 29.6 Å². The van der Waals surface area contributed by atoms with Crippen LogP contribution in [0.25, 0.3) is 0 Å². The maximum Gasteiger partial charge on any atom is 0.241 e. The van der Waals surface area contributed by atoms with Crippen molar-refractivity contribution in [1.29, 1.82) is 0 Å². The lowest BCUT2D eigenvalue weighted by Crippen LogP contribution is -2.52. The maximum absolute atomic E-state index is 13.5. The molecule has 1 aliphatic carbocycles. The monoisotopic (exact) mass is 286 g/mol. The molecule has 0 aliphatic heterocycles. The first-order valence-corrected chi connectivity index (χ1v) is 7.77. The molecule has 4 nitrogen and oxygen atoms in total. The van der Waals surface area contributed by atoms with Crippen molar-refractivity contribution < 1.29 is 12.8 Å². The zero-order valence-electron chi connectivity index (χ0n) is 11.1. The molecule has 106 valence electrons. The lowest BCUT2D eigenvalue weighted by molar-refractivity contribution is 0.374. The number of hydrogen-bond acceptors (Lipinski definition) is 3. The van der Waals surface area contributed by atoms with Gasteiger partial charge >= 0.3 is 0 Å². The fraction of sp³-hybridized carbons (Fsp3) is 0.538. The molecule has 1 aliphatic rings. The van der Waals surface area contributed by atoms with Crippen molar-refractivity contribution in [3.8, 4) is 0 Å². The average molecular weight is 286 g/mol. The highest BCUT2D eigenvalue weighted by Gasteiger charge is 2.43. The summed E-state index contributed by atoms with van der Waals surface area (Å²) in [5.74, 6) is -0.258. The van der Waals surface area contributed by atoms with Crippen LogP contribution in [0, 0.1) is 18.7 Å². The second-order valence-electron chi connectivity index (χ2n) is 5.41. The quantitative estimate of drug-likeness (QED) is 0.862. The van der Waals surface area contributed by atoms with Crippen LogP contribution >= 0.6 is 0 Å². The van der Waals surface area contributed by atoms with Crippen LogP contribution in [0.2, 0.25) is 0 Å². The normalized spacial score (nSPS) is 19.2. The summed E-state index contributed by atoms with van der Waals surface area (Å²) in [7, 11) is -3.74. The number of benzene rings is 1. The molecular formula is C13H19FN2O2S. The summed E-state index contributed by atoms with van der Waals surface area (Å²) < 4.78 is 40.6. The molecule has 19 heavy (non-hydrogen) atoms. The van der Waals surface area contributed by atoms with Gasteiger partial charge in [-0.05, 0) is 50.3 Å². The van der Waals surface area contributed by atoms with E-state index in [1.807, 2.05) is 0 Å². The number of aryl methyl sites for hydroxylation is 1. The Hall–Kier alpha value is -0.980. The summed E-state index contributed by atoms with van der Waals surface area (Å²) in [6, 6.07) is 3.91. The van der Waals surface area contributed by atoms with Gasteiger partial charge in [0.15, 0.2) is 0 Å². The topological polar surface area (TPSA) is 72.2 Å². The smallest absolute Gasteiger partial charge is 0.241 e. The van der Waals surface area contributed by atoms with Gasteiger partial charge in [0.05, 0.1) is 4.90 Å². The number of nitrogens with one attached hydrogen (secondary N) is 1. The predicted molar refractivity (Wildman–Crippen MR) is 71.6 cm³/mol. The third-order valence-electron chi connectivity index (χ3n) is 3.72. The van der Waals surface area contributed by atoms with Crippen molar-refractivity contribution in [3.63, 3.8) is 0 Å². The third kappa shape index (κ3) is 2.96. The first kappa shape index (κ1) is 14.4. The Morgan fingerprint density at radius 1 is 1.47 bits per heavy atom. The summed E-state index contributed by atoms with van der Waals surface area (Å²) in [6.45, 7) is 3.62. The summed E-state index contributed by atoms with van der Waals surface area (Å²) in [4.78, 5) is -0.0593. The van der Waals surface area contributed by atoms with Crippen LogP contribution < -0.4 is 10.5 Å². The van der Waals surface area contributed by atoms with E-state index in [1.165, 1.54) is 12.1 Å². The van der Waals surface area contributed by atoms with Crippen molar-refractivity contribution in [2.24, 2.45) is 11.7 Å². The van der Waals surface area contributed by atoms with Crippen LogP contribution in [-0.2, 0) is 10.0 Å². The minimum absolute atomic E-state index is 0.0593. The van der Waals surface area contributed by atoms with E-state index < -0.39 is 21.4 Å². The Labute approximate surface area is 113 Å². The molecule has 6 heteroatoms. The zero-order valence-corrected chi connectivity index (χ0v) is 11.9. The number of rotatable bonds is 5. The second-order valence-corrected chi connectivity index (χ2v) is 7.09. The van der Waals surface area contributed by atoms with E-state index in [4.69, 9.17) is 5.73 Å². The van der Waals surface area contributed by atoms with E-state index >= 15 is 0 Å². The fourth-order valence-corrected chi connectivity index (χ4v) is 3.61. The van der Waals surface area contributed by atoms with Crippen LogP contribution in [0.4, 0.5) is 4.39 Å². The van der Waals surface area contributed by atoms with E-state index in [0.29, 0.717) is 5.56 Å². The van der Waals surface area contributed by atoms with Gasteiger partial charge in [-0.3, -0.25) is 0 Å². The molecule has 1 aromatic carbocycles. The SMILES string of the molecule is Cc1ccc(S(=O)(=O)NC(C)(CN)C2CC2)cc1F. The van der Waals surface area contributed by atoms with Gasteiger partial charge < -0.3 is 5.73 Å². The summed E-state index contributed by atoms with van der Waals surface area (Å²) >= 11 is 0. The first-order valence-electron chi connectivity index (χ1n) is 6.29. The minimum Gasteiger partial charge on any atom is -0.329 e. The second kappa shape index (κ2) is 4.85. The molecule has 1 fully saturated rings. The number of nitrogens with two attached hydrogens (primary N) is 1. The van der Waals surface area contributed by atoms with Crippen LogP contribution in [0.3, 0.4) is 0 Å². The van der Waals surface area contributed by atoms with Gasteiger partial charge in [0.1, 0.15) is 5.82 Å². The van der Waals surface area contributed by atoms with Gasteiger partial charge in [-0.15, -0.1) is 0 Å². The molecule has 0 aromatic heterocycles. The molecule has 0 heterocycles. The molecule has 0 radical (unpaired) electrons. The van der Waals surface area contributed by atoms with E-state index in [9.17, 15) is 12.8 Å². The largest absolute Gasteiger partial charge is 0.329 e. The molecule has 1 aromatic rings. The molecule has 1 atom stereocenters. The Bertz CT molecular complexity index is 584. The molecule has 1 unspecified atom stereocenters. The third-order valence-corrected chi connectivity index (χ3v) is 5.33. The molecular weight excluding hydrogens is 267 g/mol. The summed E-state index contributed by atoms with van der Waals surface area (Å²) in [5.41, 5.74) is 5.45. The fourth-order valence-electron chi connectivity index (χ4n) is 2.12. The Morgan fingerprint density at radius 2 is 2.11 bits per heavy atom. The van der Waals surface area contributed by atoms with Crippen molar-refractivity contribution in [1.82, 2.24) is 4.72 Å². The van der Waals surface area contributed by atoms with Crippen molar-refractivity contribution >= 4 is 10.0 Å². The van der Waals surface area contributed by atoms with E-state index in [2.05, 4.69) is 4.72 Å². The number of hydrogen-bond donors (Lipinski definition) is 2. The molecule has 2 rings (SSSR count). The van der Waals surface area contributed by atoms with Crippen molar-refractivity contribution in [2.75, 3.05) is 6.54 Å². The summed E-state index contributed by atoms with van der Waals surface area (Å²) in [5, 5.41) is 0. The Balaban J connectivity index is 2.29. The van der Waals surface area contributed by atoms with Crippen LogP contribution in [0.5, 0.6) is 0 Å². The summed E-state index contributed by atoms with van der Waals surface area (Å²) in [6.07, 6.45) is 1.94. The lowest BCUT2D eigenvalue weighted by Gasteiger charge is -2.29. The van der Waals surface area contributed by atoms with E-state index in [-0.39, 0.29) is 17.4 Å².